The average molecular weight is 516 g/mol. The standard InChI is InChI=1S/C20H25N11O4S/c1-22-18(33)15-12(28-29-21)14(32)19(35-15)31-10-27-13-16(25-9-26-17(13)31)23-3-2-11-8-24-20(36-11)30-4-6-34-7-5-30/h8-10,12,14-15,19,32H,2-7H2,1H3,(H,22,33)(H,23,25,26). The lowest BCUT2D eigenvalue weighted by Crippen LogP contribution is -2.40. The van der Waals surface area contributed by atoms with E-state index in [9.17, 15) is 9.90 Å². The number of aliphatic hydroxyl groups is 1. The Morgan fingerprint density at radius 1 is 1.33 bits per heavy atom. The number of aromatic nitrogens is 5. The molecule has 3 aromatic heterocycles. The van der Waals surface area contributed by atoms with Crippen molar-refractivity contribution >= 4 is 39.4 Å². The topological polar surface area (TPSA) is 188 Å². The van der Waals surface area contributed by atoms with E-state index in [4.69, 9.17) is 15.0 Å². The molecule has 2 fully saturated rings. The van der Waals surface area contributed by atoms with Crippen molar-refractivity contribution in [2.45, 2.75) is 30.9 Å². The Bertz CT molecular complexity index is 1270. The lowest BCUT2D eigenvalue weighted by molar-refractivity contribution is -0.134. The summed E-state index contributed by atoms with van der Waals surface area (Å²) in [6.07, 6.45) is 2.03. The first kappa shape index (κ1) is 24.1. The fraction of sp³-hybridized carbons (Fsp3) is 0.550. The Labute approximate surface area is 209 Å². The molecule has 3 aromatic rings. The van der Waals surface area contributed by atoms with Gasteiger partial charge < -0.3 is 30.1 Å². The summed E-state index contributed by atoms with van der Waals surface area (Å²) in [4.78, 5) is 35.9. The number of nitrogens with zero attached hydrogens (tertiary/aromatic N) is 9. The van der Waals surface area contributed by atoms with Crippen LogP contribution in [-0.4, -0.2) is 93.7 Å². The number of carbonyl (C=O) groups excluding carboxylic acids is 1. The third kappa shape index (κ3) is 4.64. The molecule has 0 spiro atoms. The number of azide groups is 1. The highest BCUT2D eigenvalue weighted by Crippen LogP contribution is 2.34. The molecule has 2 aliphatic heterocycles. The Morgan fingerprint density at radius 3 is 2.94 bits per heavy atom. The van der Waals surface area contributed by atoms with Crippen molar-refractivity contribution in [2.24, 2.45) is 5.11 Å². The van der Waals surface area contributed by atoms with E-state index in [2.05, 4.69) is 45.5 Å². The van der Waals surface area contributed by atoms with Gasteiger partial charge in [0, 0.05) is 49.1 Å². The molecule has 2 saturated heterocycles. The normalized spacial score (nSPS) is 24.0. The minimum absolute atomic E-state index is 0.404. The minimum atomic E-state index is -1.28. The van der Waals surface area contributed by atoms with Crippen LogP contribution in [0, 0.1) is 0 Å². The molecule has 1 amide bonds. The van der Waals surface area contributed by atoms with Gasteiger partial charge in [-0.25, -0.2) is 19.9 Å². The zero-order chi connectivity index (χ0) is 25.1. The highest BCUT2D eigenvalue weighted by Gasteiger charge is 2.48. The molecule has 15 nitrogen and oxygen atoms in total. The second-order valence-electron chi connectivity index (χ2n) is 8.18. The number of rotatable bonds is 8. The van der Waals surface area contributed by atoms with E-state index in [1.807, 2.05) is 6.20 Å². The van der Waals surface area contributed by atoms with Crippen molar-refractivity contribution in [2.75, 3.05) is 50.1 Å². The van der Waals surface area contributed by atoms with Crippen molar-refractivity contribution < 1.29 is 19.4 Å². The molecule has 0 radical (unpaired) electrons. The van der Waals surface area contributed by atoms with Gasteiger partial charge in [-0.15, -0.1) is 11.3 Å². The fourth-order valence-corrected chi connectivity index (χ4v) is 5.18. The number of hydrogen-bond acceptors (Lipinski definition) is 12. The maximum atomic E-state index is 12.2. The molecule has 4 unspecified atom stereocenters. The number of hydrogen-bond donors (Lipinski definition) is 3. The van der Waals surface area contributed by atoms with Gasteiger partial charge in [-0.05, 0) is 5.53 Å². The van der Waals surface area contributed by atoms with E-state index in [-0.39, 0.29) is 0 Å². The molecular weight excluding hydrogens is 490 g/mol. The van der Waals surface area contributed by atoms with E-state index in [1.165, 1.54) is 24.3 Å². The zero-order valence-corrected chi connectivity index (χ0v) is 20.2. The van der Waals surface area contributed by atoms with E-state index < -0.39 is 30.4 Å². The largest absolute Gasteiger partial charge is 0.388 e. The number of anilines is 2. The molecule has 36 heavy (non-hydrogen) atoms. The van der Waals surface area contributed by atoms with Crippen LogP contribution >= 0.6 is 11.3 Å². The first-order valence-electron chi connectivity index (χ1n) is 11.4. The molecule has 0 bridgehead atoms. The van der Waals surface area contributed by atoms with Crippen LogP contribution < -0.4 is 15.5 Å². The first-order chi connectivity index (χ1) is 17.6. The van der Waals surface area contributed by atoms with Gasteiger partial charge in [0.1, 0.15) is 24.6 Å². The van der Waals surface area contributed by atoms with Crippen LogP contribution in [0.1, 0.15) is 11.1 Å². The number of nitrogens with one attached hydrogen (secondary N) is 2. The smallest absolute Gasteiger partial charge is 0.249 e. The third-order valence-corrected chi connectivity index (χ3v) is 7.17. The van der Waals surface area contributed by atoms with Gasteiger partial charge in [0.25, 0.3) is 0 Å². The number of likely N-dealkylation sites (N-methyl/N-ethyl adjacent to an activating group) is 1. The van der Waals surface area contributed by atoms with Crippen LogP contribution in [0.15, 0.2) is 24.0 Å². The van der Waals surface area contributed by atoms with Crippen molar-refractivity contribution in [3.63, 3.8) is 0 Å². The number of thiazole rings is 1. The Morgan fingerprint density at radius 2 is 2.17 bits per heavy atom. The van der Waals surface area contributed by atoms with Gasteiger partial charge in [0.15, 0.2) is 28.3 Å². The van der Waals surface area contributed by atoms with Gasteiger partial charge in [-0.2, -0.15) is 0 Å². The lowest BCUT2D eigenvalue weighted by Gasteiger charge is -2.25. The average Bonchev–Trinajstić information content (AvgIpc) is 3.63. The predicted octanol–water partition coefficient (Wildman–Crippen LogP) is 0.457. The first-order valence-corrected chi connectivity index (χ1v) is 12.2. The highest BCUT2D eigenvalue weighted by atomic mass is 32.1. The molecule has 0 saturated carbocycles. The fourth-order valence-electron chi connectivity index (χ4n) is 4.22. The molecule has 0 aliphatic carbocycles. The number of morpholine rings is 1. The second kappa shape index (κ2) is 10.6. The molecular formula is C20H25N11O4S. The van der Waals surface area contributed by atoms with E-state index in [0.29, 0.717) is 36.7 Å². The summed E-state index contributed by atoms with van der Waals surface area (Å²) in [5.41, 5.74) is 9.76. The van der Waals surface area contributed by atoms with Crippen LogP contribution in [0.25, 0.3) is 21.6 Å². The van der Waals surface area contributed by atoms with E-state index in [1.54, 1.807) is 11.3 Å². The van der Waals surface area contributed by atoms with Gasteiger partial charge in [0.05, 0.1) is 19.5 Å². The van der Waals surface area contributed by atoms with Crippen LogP contribution in [0.4, 0.5) is 10.9 Å². The maximum Gasteiger partial charge on any atom is 0.249 e. The summed E-state index contributed by atoms with van der Waals surface area (Å²) in [5, 5.41) is 21.1. The number of imidazole rings is 1. The number of fused-ring (bicyclic) bond motifs is 1. The van der Waals surface area contributed by atoms with Crippen LogP contribution in [-0.2, 0) is 20.7 Å². The summed E-state index contributed by atoms with van der Waals surface area (Å²) in [5.74, 6) is 0.0220. The molecule has 0 aromatic carbocycles. The summed E-state index contributed by atoms with van der Waals surface area (Å²) >= 11 is 1.66. The number of amides is 1. The maximum absolute atomic E-state index is 12.2. The Kier molecular flexibility index (Phi) is 7.11. The second-order valence-corrected chi connectivity index (χ2v) is 9.27. The summed E-state index contributed by atoms with van der Waals surface area (Å²) < 4.78 is 12.7. The minimum Gasteiger partial charge on any atom is -0.388 e. The molecule has 5 heterocycles. The third-order valence-electron chi connectivity index (χ3n) is 6.05. The quantitative estimate of drug-likeness (QED) is 0.216. The summed E-state index contributed by atoms with van der Waals surface area (Å²) in [6.45, 7) is 3.73. The molecule has 4 atom stereocenters. The summed E-state index contributed by atoms with van der Waals surface area (Å²) in [6, 6.07) is -1.10. The SMILES string of the molecule is CNC(=O)C1OC(n2cnc3c(NCCc4cnc(N5CCOCC5)s4)ncnc32)C(O)C1N=[N+]=[N-]. The Balaban J connectivity index is 1.28. The molecule has 3 N–H and O–H groups in total. The van der Waals surface area contributed by atoms with Gasteiger partial charge in [-0.3, -0.25) is 9.36 Å². The van der Waals surface area contributed by atoms with Crippen molar-refractivity contribution in [3.05, 3.63) is 34.2 Å². The van der Waals surface area contributed by atoms with Crippen molar-refractivity contribution in [1.82, 2.24) is 29.8 Å². The molecule has 16 heteroatoms. The van der Waals surface area contributed by atoms with Crippen LogP contribution in [0.5, 0.6) is 0 Å². The zero-order valence-electron chi connectivity index (χ0n) is 19.4. The predicted molar refractivity (Wildman–Crippen MR) is 130 cm³/mol. The monoisotopic (exact) mass is 515 g/mol. The van der Waals surface area contributed by atoms with Crippen LogP contribution in [0.3, 0.4) is 0 Å². The molecule has 190 valence electrons. The van der Waals surface area contributed by atoms with E-state index in [0.717, 1.165) is 29.5 Å². The van der Waals surface area contributed by atoms with E-state index >= 15 is 0 Å². The lowest BCUT2D eigenvalue weighted by atomic mass is 10.1. The van der Waals surface area contributed by atoms with Gasteiger partial charge in [0.2, 0.25) is 5.91 Å². The number of ether oxygens (including phenoxy) is 2. The van der Waals surface area contributed by atoms with Crippen LogP contribution in [0.2, 0.25) is 0 Å². The highest BCUT2D eigenvalue weighted by molar-refractivity contribution is 7.15. The van der Waals surface area contributed by atoms with Gasteiger partial charge in [-0.1, -0.05) is 5.11 Å². The van der Waals surface area contributed by atoms with Crippen molar-refractivity contribution in [3.8, 4) is 0 Å². The summed E-state index contributed by atoms with van der Waals surface area (Å²) in [7, 11) is 1.44. The number of carbonyl (C=O) groups is 1. The van der Waals surface area contributed by atoms with Gasteiger partial charge >= 0.3 is 0 Å². The molecule has 2 aliphatic rings. The van der Waals surface area contributed by atoms with Crippen molar-refractivity contribution in [1.29, 1.82) is 0 Å². The Hall–Kier alpha value is -3.56. The molecule has 5 rings (SSSR count). The number of aliphatic hydroxyl groups excluding tert-OH is 1.